The first kappa shape index (κ1) is 13.9. The molecule has 0 spiro atoms. The Bertz CT molecular complexity index is 453. The fourth-order valence-corrected chi connectivity index (χ4v) is 2.09. The van der Waals surface area contributed by atoms with Crippen LogP contribution in [0.2, 0.25) is 0 Å². The van der Waals surface area contributed by atoms with Crippen molar-refractivity contribution in [3.63, 3.8) is 0 Å². The van der Waals surface area contributed by atoms with Gasteiger partial charge in [0.05, 0.1) is 6.07 Å². The minimum Gasteiger partial charge on any atom is -0.494 e. The molecule has 0 aromatic carbocycles. The molecular formula is C11H18N2O3S. The van der Waals surface area contributed by atoms with Crippen molar-refractivity contribution in [3.8, 4) is 5.88 Å². The molecule has 0 amide bonds. The van der Waals surface area contributed by atoms with Crippen LogP contribution in [0.5, 0.6) is 5.88 Å². The molecule has 0 unspecified atom stereocenters. The maximum absolute atomic E-state index is 11.4. The van der Waals surface area contributed by atoms with Crippen molar-refractivity contribution in [2.45, 2.75) is 32.2 Å². The molecule has 1 aromatic heterocycles. The van der Waals surface area contributed by atoms with E-state index in [4.69, 9.17) is 0 Å². The van der Waals surface area contributed by atoms with Crippen molar-refractivity contribution < 1.29 is 5.11 Å². The molecule has 0 saturated carbocycles. The number of unbranched alkanes of at least 4 members (excludes halogenated alkanes) is 3. The molecule has 2 N–H and O–H groups in total. The van der Waals surface area contributed by atoms with Gasteiger partial charge in [-0.2, -0.15) is 11.8 Å². The van der Waals surface area contributed by atoms with Gasteiger partial charge < -0.3 is 5.11 Å². The second-order valence-corrected chi connectivity index (χ2v) is 4.84. The van der Waals surface area contributed by atoms with Gasteiger partial charge in [-0.1, -0.05) is 12.8 Å². The van der Waals surface area contributed by atoms with Crippen molar-refractivity contribution in [1.82, 2.24) is 9.55 Å². The Kier molecular flexibility index (Phi) is 5.90. The smallest absolute Gasteiger partial charge is 0.331 e. The van der Waals surface area contributed by atoms with Crippen molar-refractivity contribution in [1.29, 1.82) is 0 Å². The third-order valence-corrected chi connectivity index (χ3v) is 3.19. The summed E-state index contributed by atoms with van der Waals surface area (Å²) < 4.78 is 1.19. The number of nitrogens with zero attached hydrogens (tertiary/aromatic N) is 1. The molecule has 1 rings (SSSR count). The lowest BCUT2D eigenvalue weighted by atomic mass is 10.2. The zero-order valence-electron chi connectivity index (χ0n) is 9.94. The first-order valence-corrected chi connectivity index (χ1v) is 7.06. The molecule has 0 bridgehead atoms. The van der Waals surface area contributed by atoms with E-state index in [0.29, 0.717) is 6.54 Å². The third kappa shape index (κ3) is 4.68. The van der Waals surface area contributed by atoms with E-state index in [2.05, 4.69) is 11.2 Å². The first-order valence-electron chi connectivity index (χ1n) is 5.67. The molecule has 1 heterocycles. The van der Waals surface area contributed by atoms with Gasteiger partial charge in [0.2, 0.25) is 5.88 Å². The molecule has 0 aliphatic heterocycles. The Morgan fingerprint density at radius 1 is 1.29 bits per heavy atom. The number of aromatic nitrogens is 2. The van der Waals surface area contributed by atoms with Crippen molar-refractivity contribution >= 4 is 11.8 Å². The summed E-state index contributed by atoms with van der Waals surface area (Å²) in [7, 11) is 0. The van der Waals surface area contributed by atoms with Crippen LogP contribution in [0.15, 0.2) is 15.7 Å². The van der Waals surface area contributed by atoms with Crippen molar-refractivity contribution in [2.75, 3.05) is 12.0 Å². The number of thioether (sulfide) groups is 1. The van der Waals surface area contributed by atoms with Gasteiger partial charge in [-0.3, -0.25) is 14.3 Å². The fraction of sp³-hybridized carbons (Fsp3) is 0.636. The predicted molar refractivity (Wildman–Crippen MR) is 69.8 cm³/mol. The van der Waals surface area contributed by atoms with Crippen LogP contribution in [0.1, 0.15) is 25.7 Å². The molecule has 1 aromatic rings. The monoisotopic (exact) mass is 258 g/mol. The van der Waals surface area contributed by atoms with Gasteiger partial charge in [0.25, 0.3) is 5.56 Å². The van der Waals surface area contributed by atoms with E-state index in [1.807, 2.05) is 11.8 Å². The van der Waals surface area contributed by atoms with E-state index in [1.165, 1.54) is 11.0 Å². The van der Waals surface area contributed by atoms with Crippen LogP contribution in [0.3, 0.4) is 0 Å². The van der Waals surface area contributed by atoms with Crippen LogP contribution in [0.4, 0.5) is 0 Å². The molecule has 0 atom stereocenters. The fourth-order valence-electron chi connectivity index (χ4n) is 1.59. The Morgan fingerprint density at radius 3 is 2.65 bits per heavy atom. The van der Waals surface area contributed by atoms with Gasteiger partial charge in [0.1, 0.15) is 0 Å². The maximum atomic E-state index is 11.4. The van der Waals surface area contributed by atoms with Crippen LogP contribution >= 0.6 is 11.8 Å². The minimum atomic E-state index is -0.566. The Labute approximate surface area is 104 Å². The highest BCUT2D eigenvalue weighted by Crippen LogP contribution is 2.07. The standard InChI is InChI=1S/C11H18N2O3S/c1-17-7-5-3-2-4-6-13-10(15)8-9(14)12-11(13)16/h8,15H,2-7H2,1H3,(H,12,14,16). The summed E-state index contributed by atoms with van der Waals surface area (Å²) >= 11 is 1.83. The molecule has 5 nitrogen and oxygen atoms in total. The average molecular weight is 258 g/mol. The van der Waals surface area contributed by atoms with Gasteiger partial charge in [0, 0.05) is 6.54 Å². The topological polar surface area (TPSA) is 75.1 Å². The number of hydrogen-bond acceptors (Lipinski definition) is 4. The average Bonchev–Trinajstić information content (AvgIpc) is 2.26. The van der Waals surface area contributed by atoms with Crippen LogP contribution in [-0.4, -0.2) is 26.7 Å². The van der Waals surface area contributed by atoms with Gasteiger partial charge in [0.15, 0.2) is 0 Å². The van der Waals surface area contributed by atoms with E-state index in [-0.39, 0.29) is 5.88 Å². The summed E-state index contributed by atoms with van der Waals surface area (Å²) in [6.45, 7) is 0.445. The third-order valence-electron chi connectivity index (χ3n) is 2.49. The largest absolute Gasteiger partial charge is 0.494 e. The van der Waals surface area contributed by atoms with Crippen LogP contribution in [0, 0.1) is 0 Å². The lowest BCUT2D eigenvalue weighted by Crippen LogP contribution is -2.29. The Hall–Kier alpha value is -1.17. The molecule has 96 valence electrons. The van der Waals surface area contributed by atoms with Crippen molar-refractivity contribution in [2.24, 2.45) is 0 Å². The highest BCUT2D eigenvalue weighted by molar-refractivity contribution is 7.98. The van der Waals surface area contributed by atoms with E-state index >= 15 is 0 Å². The molecule has 6 heteroatoms. The van der Waals surface area contributed by atoms with E-state index < -0.39 is 11.2 Å². The molecule has 0 saturated heterocycles. The Morgan fingerprint density at radius 2 is 2.00 bits per heavy atom. The first-order chi connectivity index (χ1) is 8.15. The number of hydrogen-bond donors (Lipinski definition) is 2. The minimum absolute atomic E-state index is 0.261. The van der Waals surface area contributed by atoms with Crippen molar-refractivity contribution in [3.05, 3.63) is 26.9 Å². The molecule has 0 aliphatic rings. The summed E-state index contributed by atoms with van der Waals surface area (Å²) in [4.78, 5) is 24.4. The van der Waals surface area contributed by atoms with Crippen LogP contribution in [-0.2, 0) is 6.54 Å². The van der Waals surface area contributed by atoms with E-state index in [9.17, 15) is 14.7 Å². The summed E-state index contributed by atoms with van der Waals surface area (Å²) in [6.07, 6.45) is 6.23. The SMILES string of the molecule is CSCCCCCCn1c(O)cc(=O)[nH]c1=O. The van der Waals surface area contributed by atoms with E-state index in [1.54, 1.807) is 0 Å². The quantitative estimate of drug-likeness (QED) is 0.720. The summed E-state index contributed by atoms with van der Waals surface area (Å²) in [5.41, 5.74) is -1.11. The number of nitrogens with one attached hydrogen (secondary N) is 1. The van der Waals surface area contributed by atoms with Crippen LogP contribution < -0.4 is 11.2 Å². The highest BCUT2D eigenvalue weighted by atomic mass is 32.2. The molecule has 0 aliphatic carbocycles. The summed E-state index contributed by atoms with van der Waals surface area (Å²) in [6, 6.07) is 1.02. The van der Waals surface area contributed by atoms with Gasteiger partial charge >= 0.3 is 5.69 Å². The Balaban J connectivity index is 2.42. The second kappa shape index (κ2) is 7.21. The predicted octanol–water partition coefficient (Wildman–Crippen LogP) is 1.17. The van der Waals surface area contributed by atoms with Crippen LogP contribution in [0.25, 0.3) is 0 Å². The normalized spacial score (nSPS) is 10.6. The lowest BCUT2D eigenvalue weighted by Gasteiger charge is -2.06. The van der Waals surface area contributed by atoms with Gasteiger partial charge in [-0.05, 0) is 24.9 Å². The molecule has 17 heavy (non-hydrogen) atoms. The second-order valence-electron chi connectivity index (χ2n) is 3.86. The van der Waals surface area contributed by atoms with Gasteiger partial charge in [-0.25, -0.2) is 4.79 Å². The van der Waals surface area contributed by atoms with Gasteiger partial charge in [-0.15, -0.1) is 0 Å². The zero-order chi connectivity index (χ0) is 12.7. The van der Waals surface area contributed by atoms with E-state index in [0.717, 1.165) is 31.1 Å². The number of H-pyrrole nitrogens is 1. The number of aromatic hydroxyl groups is 1. The number of aromatic amines is 1. The lowest BCUT2D eigenvalue weighted by molar-refractivity contribution is 0.393. The zero-order valence-corrected chi connectivity index (χ0v) is 10.8. The summed E-state index contributed by atoms with van der Waals surface area (Å²) in [5.74, 6) is 0.895. The number of rotatable bonds is 7. The molecule has 0 radical (unpaired) electrons. The highest BCUT2D eigenvalue weighted by Gasteiger charge is 2.03. The maximum Gasteiger partial charge on any atom is 0.331 e. The molecular weight excluding hydrogens is 240 g/mol. The molecule has 0 fully saturated rings. The summed E-state index contributed by atoms with van der Waals surface area (Å²) in [5, 5.41) is 9.45.